The van der Waals surface area contributed by atoms with E-state index in [1.807, 2.05) is 30.3 Å². The van der Waals surface area contributed by atoms with Crippen molar-refractivity contribution in [3.05, 3.63) is 78.2 Å². The number of anilines is 2. The van der Waals surface area contributed by atoms with Crippen LogP contribution in [0.5, 0.6) is 23.0 Å². The molecule has 1 aliphatic rings. The number of benzene rings is 3. The van der Waals surface area contributed by atoms with Crippen LogP contribution in [0, 0.1) is 5.82 Å². The SMILES string of the molecule is COc1cc2nccc(Oc3ccc4c(c3)CCCN4C(=O)Nc3cccc(F)c3)c2cc1OC.CS(=O)(=O)O. The number of methoxy groups -OCH3 is 2. The van der Waals surface area contributed by atoms with Crippen molar-refractivity contribution >= 4 is 38.4 Å². The molecular formula is C28H28FN3O7S. The minimum atomic E-state index is -3.67. The van der Waals surface area contributed by atoms with Gasteiger partial charge in [-0.1, -0.05) is 6.07 Å². The number of amides is 2. The maximum atomic E-state index is 13.5. The Morgan fingerprint density at radius 3 is 2.45 bits per heavy atom. The van der Waals surface area contributed by atoms with E-state index in [2.05, 4.69) is 10.3 Å². The number of carbonyl (C=O) groups is 1. The van der Waals surface area contributed by atoms with Gasteiger partial charge in [-0.25, -0.2) is 9.18 Å². The normalized spacial score (nSPS) is 12.6. The number of halogens is 1. The molecule has 0 bridgehead atoms. The van der Waals surface area contributed by atoms with Gasteiger partial charge >= 0.3 is 6.03 Å². The van der Waals surface area contributed by atoms with E-state index >= 15 is 0 Å². The van der Waals surface area contributed by atoms with Gasteiger partial charge in [0, 0.05) is 35.6 Å². The lowest BCUT2D eigenvalue weighted by Gasteiger charge is -2.30. The Hall–Kier alpha value is -4.42. The second kappa shape index (κ2) is 12.2. The third kappa shape index (κ3) is 7.16. The van der Waals surface area contributed by atoms with E-state index in [4.69, 9.17) is 18.8 Å². The number of hydrogen-bond acceptors (Lipinski definition) is 7. The first-order chi connectivity index (χ1) is 19.1. The molecule has 10 nitrogen and oxygen atoms in total. The predicted octanol–water partition coefficient (Wildman–Crippen LogP) is 5.67. The zero-order valence-corrected chi connectivity index (χ0v) is 22.9. The van der Waals surface area contributed by atoms with E-state index in [1.54, 1.807) is 43.5 Å². The van der Waals surface area contributed by atoms with E-state index < -0.39 is 15.9 Å². The summed E-state index contributed by atoms with van der Waals surface area (Å²) in [5, 5.41) is 3.57. The lowest BCUT2D eigenvalue weighted by Crippen LogP contribution is -2.38. The maximum absolute atomic E-state index is 13.5. The predicted molar refractivity (Wildman–Crippen MR) is 150 cm³/mol. The van der Waals surface area contributed by atoms with Crippen LogP contribution < -0.4 is 24.4 Å². The Labute approximate surface area is 231 Å². The molecule has 1 aliphatic heterocycles. The van der Waals surface area contributed by atoms with Crippen LogP contribution in [0.4, 0.5) is 20.6 Å². The topological polar surface area (TPSA) is 127 Å². The molecule has 40 heavy (non-hydrogen) atoms. The fourth-order valence-electron chi connectivity index (χ4n) is 4.27. The molecule has 0 fully saturated rings. The summed E-state index contributed by atoms with van der Waals surface area (Å²) in [6.07, 6.45) is 4.02. The molecule has 2 heterocycles. The number of rotatable bonds is 5. The Morgan fingerprint density at radius 2 is 1.75 bits per heavy atom. The molecular weight excluding hydrogens is 541 g/mol. The highest BCUT2D eigenvalue weighted by Crippen LogP contribution is 2.38. The fourth-order valence-corrected chi connectivity index (χ4v) is 4.27. The first-order valence-electron chi connectivity index (χ1n) is 12.1. The average Bonchev–Trinajstić information content (AvgIpc) is 2.91. The van der Waals surface area contributed by atoms with Gasteiger partial charge in [-0.3, -0.25) is 14.4 Å². The Morgan fingerprint density at radius 1 is 1.02 bits per heavy atom. The lowest BCUT2D eigenvalue weighted by molar-refractivity contribution is 0.256. The summed E-state index contributed by atoms with van der Waals surface area (Å²) < 4.78 is 56.4. The van der Waals surface area contributed by atoms with Crippen LogP contribution in [0.1, 0.15) is 12.0 Å². The van der Waals surface area contributed by atoms with Crippen LogP contribution in [0.25, 0.3) is 10.9 Å². The molecule has 2 amide bonds. The van der Waals surface area contributed by atoms with Crippen molar-refractivity contribution in [2.45, 2.75) is 12.8 Å². The second-order valence-electron chi connectivity index (χ2n) is 8.85. The minimum Gasteiger partial charge on any atom is -0.493 e. The number of fused-ring (bicyclic) bond motifs is 2. The highest BCUT2D eigenvalue weighted by Gasteiger charge is 2.23. The van der Waals surface area contributed by atoms with Gasteiger partial charge < -0.3 is 19.5 Å². The van der Waals surface area contributed by atoms with Gasteiger partial charge in [0.1, 0.15) is 17.3 Å². The molecule has 2 N–H and O–H groups in total. The monoisotopic (exact) mass is 569 g/mol. The molecule has 0 saturated heterocycles. The molecule has 0 radical (unpaired) electrons. The van der Waals surface area contributed by atoms with Crippen molar-refractivity contribution in [3.8, 4) is 23.0 Å². The van der Waals surface area contributed by atoms with Crippen LogP contribution in [-0.2, 0) is 16.5 Å². The summed E-state index contributed by atoms with van der Waals surface area (Å²) >= 11 is 0. The molecule has 1 aromatic heterocycles. The number of nitrogens with one attached hydrogen (secondary N) is 1. The summed E-state index contributed by atoms with van der Waals surface area (Å²) in [5.41, 5.74) is 2.95. The van der Waals surface area contributed by atoms with Gasteiger partial charge in [-0.05, 0) is 66.9 Å². The second-order valence-corrected chi connectivity index (χ2v) is 10.3. The van der Waals surface area contributed by atoms with E-state index in [1.165, 1.54) is 12.1 Å². The fraction of sp³-hybridized carbons (Fsp3) is 0.214. The first kappa shape index (κ1) is 28.6. The Kier molecular flexibility index (Phi) is 8.70. The number of aromatic nitrogens is 1. The molecule has 0 saturated carbocycles. The largest absolute Gasteiger partial charge is 0.493 e. The van der Waals surface area contributed by atoms with Crippen LogP contribution in [0.2, 0.25) is 0 Å². The molecule has 4 aromatic rings. The van der Waals surface area contributed by atoms with Gasteiger partial charge in [-0.15, -0.1) is 0 Å². The van der Waals surface area contributed by atoms with Gasteiger partial charge in [-0.2, -0.15) is 8.42 Å². The third-order valence-electron chi connectivity index (χ3n) is 5.93. The Balaban J connectivity index is 0.000000681. The number of pyridine rings is 1. The molecule has 12 heteroatoms. The maximum Gasteiger partial charge on any atom is 0.326 e. The average molecular weight is 570 g/mol. The van der Waals surface area contributed by atoms with Gasteiger partial charge in [0.25, 0.3) is 10.1 Å². The van der Waals surface area contributed by atoms with Crippen molar-refractivity contribution in [1.29, 1.82) is 0 Å². The van der Waals surface area contributed by atoms with Crippen molar-refractivity contribution in [2.75, 3.05) is 37.2 Å². The molecule has 0 atom stereocenters. The number of urea groups is 1. The lowest BCUT2D eigenvalue weighted by atomic mass is 10.0. The first-order valence-corrected chi connectivity index (χ1v) is 14.0. The van der Waals surface area contributed by atoms with Gasteiger partial charge in [0.15, 0.2) is 11.5 Å². The smallest absolute Gasteiger partial charge is 0.326 e. The summed E-state index contributed by atoms with van der Waals surface area (Å²) in [4.78, 5) is 19.0. The van der Waals surface area contributed by atoms with Crippen molar-refractivity contribution in [2.24, 2.45) is 0 Å². The van der Waals surface area contributed by atoms with E-state index in [9.17, 15) is 17.6 Å². The number of nitrogens with zero attached hydrogens (tertiary/aromatic N) is 2. The van der Waals surface area contributed by atoms with Crippen LogP contribution in [-0.4, -0.2) is 51.0 Å². The third-order valence-corrected chi connectivity index (χ3v) is 5.93. The summed E-state index contributed by atoms with van der Waals surface area (Å²) in [6.45, 7) is 0.574. The molecule has 0 unspecified atom stereocenters. The quantitative estimate of drug-likeness (QED) is 0.294. The van der Waals surface area contributed by atoms with Crippen molar-refractivity contribution in [1.82, 2.24) is 4.98 Å². The number of aryl methyl sites for hydroxylation is 1. The number of ether oxygens (including phenoxy) is 3. The van der Waals surface area contributed by atoms with Crippen molar-refractivity contribution in [3.63, 3.8) is 0 Å². The van der Waals surface area contributed by atoms with Crippen LogP contribution >= 0.6 is 0 Å². The molecule has 3 aromatic carbocycles. The zero-order valence-electron chi connectivity index (χ0n) is 22.0. The summed E-state index contributed by atoms with van der Waals surface area (Å²) in [7, 11) is -0.501. The summed E-state index contributed by atoms with van der Waals surface area (Å²) in [6, 6.07) is 16.7. The van der Waals surface area contributed by atoms with E-state index in [0.29, 0.717) is 41.5 Å². The Bertz CT molecular complexity index is 1640. The summed E-state index contributed by atoms with van der Waals surface area (Å²) in [5.74, 6) is 2.06. The van der Waals surface area contributed by atoms with Gasteiger partial charge in [0.2, 0.25) is 0 Å². The highest BCUT2D eigenvalue weighted by atomic mass is 32.2. The molecule has 0 spiro atoms. The van der Waals surface area contributed by atoms with Crippen LogP contribution in [0.15, 0.2) is 66.9 Å². The zero-order chi connectivity index (χ0) is 28.9. The minimum absolute atomic E-state index is 0.300. The van der Waals surface area contributed by atoms with E-state index in [0.717, 1.165) is 35.0 Å². The number of hydrogen-bond donors (Lipinski definition) is 2. The van der Waals surface area contributed by atoms with E-state index in [-0.39, 0.29) is 6.03 Å². The molecule has 210 valence electrons. The van der Waals surface area contributed by atoms with Gasteiger partial charge in [0.05, 0.1) is 26.0 Å². The van der Waals surface area contributed by atoms with Crippen molar-refractivity contribution < 1.29 is 36.4 Å². The van der Waals surface area contributed by atoms with Crippen LogP contribution in [0.3, 0.4) is 0 Å². The standard InChI is InChI=1S/C27H24FN3O4.CH4O3S/c1-33-25-15-21-22(16-26(25)34-2)29-11-10-24(21)35-20-8-9-23-17(13-20)5-4-12-31(23)27(32)30-19-7-3-6-18(28)14-19;1-5(2,3)4/h3,6-11,13-16H,4-5,12H2,1-2H3,(H,30,32);1H3,(H,2,3,4). The molecule has 0 aliphatic carbocycles. The molecule has 5 rings (SSSR count). The highest BCUT2D eigenvalue weighted by molar-refractivity contribution is 7.85. The number of carbonyl (C=O) groups excluding carboxylic acids is 1.